The van der Waals surface area contributed by atoms with Crippen LogP contribution in [0.15, 0.2) is 54.9 Å². The zero-order chi connectivity index (χ0) is 22.1. The van der Waals surface area contributed by atoms with Crippen molar-refractivity contribution in [3.05, 3.63) is 77.4 Å². The van der Waals surface area contributed by atoms with Crippen LogP contribution in [0.1, 0.15) is 42.3 Å². The summed E-state index contributed by atoms with van der Waals surface area (Å²) >= 11 is 0. The first-order valence-electron chi connectivity index (χ1n) is 11.4. The Hall–Kier alpha value is -3.38. The molecular formula is C26H29N5O. The molecule has 0 aliphatic carbocycles. The van der Waals surface area contributed by atoms with Crippen LogP contribution in [0.2, 0.25) is 0 Å². The van der Waals surface area contributed by atoms with Crippen LogP contribution in [0.4, 0.5) is 11.4 Å². The van der Waals surface area contributed by atoms with Crippen LogP contribution in [0, 0.1) is 6.92 Å². The number of nitrogens with zero attached hydrogens (tertiary/aromatic N) is 2. The molecular weight excluding hydrogens is 398 g/mol. The van der Waals surface area contributed by atoms with E-state index in [4.69, 9.17) is 0 Å². The fourth-order valence-electron chi connectivity index (χ4n) is 4.66. The van der Waals surface area contributed by atoms with E-state index >= 15 is 0 Å². The predicted molar refractivity (Wildman–Crippen MR) is 130 cm³/mol. The second kappa shape index (κ2) is 8.63. The molecule has 3 aromatic rings. The van der Waals surface area contributed by atoms with E-state index in [2.05, 4.69) is 75.7 Å². The number of hydrogen-bond acceptors (Lipinski definition) is 4. The number of aromatic nitrogens is 2. The lowest BCUT2D eigenvalue weighted by Gasteiger charge is -2.32. The minimum absolute atomic E-state index is 0.0969. The van der Waals surface area contributed by atoms with Gasteiger partial charge >= 0.3 is 0 Å². The normalized spacial score (nSPS) is 18.4. The first-order chi connectivity index (χ1) is 15.6. The predicted octanol–water partition coefficient (Wildman–Crippen LogP) is 4.53. The van der Waals surface area contributed by atoms with Gasteiger partial charge in [-0.3, -0.25) is 4.79 Å². The SMILES string of the molecule is CCN1CCC(Nc2ccc3c(c2)C(=C(c2ccc(C)cc2)c2ncc[nH]2)C(=O)N3)CC1. The summed E-state index contributed by atoms with van der Waals surface area (Å²) in [6, 6.07) is 14.8. The largest absolute Gasteiger partial charge is 0.382 e. The number of H-pyrrole nitrogens is 1. The number of nitrogens with one attached hydrogen (secondary N) is 3. The Kier molecular flexibility index (Phi) is 5.53. The fourth-order valence-corrected chi connectivity index (χ4v) is 4.66. The molecule has 3 N–H and O–H groups in total. The van der Waals surface area contributed by atoms with E-state index in [9.17, 15) is 4.79 Å². The molecule has 3 heterocycles. The molecule has 1 fully saturated rings. The summed E-state index contributed by atoms with van der Waals surface area (Å²) in [7, 11) is 0. The molecule has 0 radical (unpaired) electrons. The summed E-state index contributed by atoms with van der Waals surface area (Å²) in [6.07, 6.45) is 5.77. The van der Waals surface area contributed by atoms with E-state index in [1.54, 1.807) is 12.4 Å². The van der Waals surface area contributed by atoms with E-state index in [0.717, 1.165) is 60.6 Å². The lowest BCUT2D eigenvalue weighted by molar-refractivity contribution is -0.110. The highest BCUT2D eigenvalue weighted by Crippen LogP contribution is 2.40. The molecule has 1 saturated heterocycles. The fraction of sp³-hybridized carbons (Fsp3) is 0.308. The van der Waals surface area contributed by atoms with E-state index in [1.807, 2.05) is 6.07 Å². The molecule has 0 atom stereocenters. The number of aryl methyl sites for hydroxylation is 1. The zero-order valence-electron chi connectivity index (χ0n) is 18.6. The number of piperidine rings is 1. The summed E-state index contributed by atoms with van der Waals surface area (Å²) in [5.74, 6) is 0.595. The van der Waals surface area contributed by atoms with Gasteiger partial charge in [-0.2, -0.15) is 0 Å². The number of imidazole rings is 1. The van der Waals surface area contributed by atoms with Crippen LogP contribution in [0.3, 0.4) is 0 Å². The van der Waals surface area contributed by atoms with E-state index < -0.39 is 0 Å². The average molecular weight is 428 g/mol. The Morgan fingerprint density at radius 3 is 2.62 bits per heavy atom. The number of benzene rings is 2. The molecule has 2 aliphatic heterocycles. The third-order valence-corrected chi connectivity index (χ3v) is 6.50. The summed E-state index contributed by atoms with van der Waals surface area (Å²) in [4.78, 5) is 23.3. The van der Waals surface area contributed by atoms with Gasteiger partial charge in [-0.25, -0.2) is 4.98 Å². The molecule has 32 heavy (non-hydrogen) atoms. The van der Waals surface area contributed by atoms with Crippen molar-refractivity contribution in [1.82, 2.24) is 14.9 Å². The molecule has 0 spiro atoms. The van der Waals surface area contributed by atoms with Crippen molar-refractivity contribution < 1.29 is 4.79 Å². The minimum Gasteiger partial charge on any atom is -0.382 e. The molecule has 0 unspecified atom stereocenters. The Balaban J connectivity index is 1.54. The van der Waals surface area contributed by atoms with Gasteiger partial charge < -0.3 is 20.5 Å². The molecule has 2 aliphatic rings. The van der Waals surface area contributed by atoms with Gasteiger partial charge in [-0.1, -0.05) is 36.8 Å². The maximum absolute atomic E-state index is 13.1. The maximum atomic E-state index is 13.1. The first-order valence-corrected chi connectivity index (χ1v) is 11.4. The van der Waals surface area contributed by atoms with Gasteiger partial charge in [0, 0.05) is 54.0 Å². The molecule has 1 aromatic heterocycles. The van der Waals surface area contributed by atoms with Gasteiger partial charge in [-0.05, 0) is 50.1 Å². The van der Waals surface area contributed by atoms with Crippen molar-refractivity contribution in [3.63, 3.8) is 0 Å². The zero-order valence-corrected chi connectivity index (χ0v) is 18.6. The molecule has 1 amide bonds. The van der Waals surface area contributed by atoms with Gasteiger partial charge in [0.25, 0.3) is 5.91 Å². The topological polar surface area (TPSA) is 73.0 Å². The van der Waals surface area contributed by atoms with E-state index in [1.165, 1.54) is 5.56 Å². The van der Waals surface area contributed by atoms with Crippen molar-refractivity contribution in [2.75, 3.05) is 30.3 Å². The lowest BCUT2D eigenvalue weighted by atomic mass is 9.94. The third-order valence-electron chi connectivity index (χ3n) is 6.50. The highest BCUT2D eigenvalue weighted by molar-refractivity contribution is 6.38. The number of anilines is 2. The van der Waals surface area contributed by atoms with E-state index in [0.29, 0.717) is 17.4 Å². The number of carbonyl (C=O) groups is 1. The molecule has 2 aromatic carbocycles. The van der Waals surface area contributed by atoms with Gasteiger partial charge in [0.15, 0.2) is 0 Å². The van der Waals surface area contributed by atoms with Crippen LogP contribution in [-0.4, -0.2) is 46.5 Å². The Morgan fingerprint density at radius 2 is 1.94 bits per heavy atom. The van der Waals surface area contributed by atoms with Crippen molar-refractivity contribution in [2.45, 2.75) is 32.7 Å². The van der Waals surface area contributed by atoms with Crippen molar-refractivity contribution in [1.29, 1.82) is 0 Å². The van der Waals surface area contributed by atoms with Crippen LogP contribution in [0.25, 0.3) is 11.1 Å². The maximum Gasteiger partial charge on any atom is 0.257 e. The lowest BCUT2D eigenvalue weighted by Crippen LogP contribution is -2.38. The Labute approximate surface area is 188 Å². The van der Waals surface area contributed by atoms with Crippen LogP contribution < -0.4 is 10.6 Å². The van der Waals surface area contributed by atoms with Crippen molar-refractivity contribution in [2.24, 2.45) is 0 Å². The van der Waals surface area contributed by atoms with Crippen molar-refractivity contribution in [3.8, 4) is 0 Å². The Bertz CT molecular complexity index is 1140. The molecule has 164 valence electrons. The summed E-state index contributed by atoms with van der Waals surface area (Å²) in [5.41, 5.74) is 6.42. The second-order valence-electron chi connectivity index (χ2n) is 8.62. The molecule has 6 nitrogen and oxygen atoms in total. The highest BCUT2D eigenvalue weighted by Gasteiger charge is 2.30. The number of likely N-dealkylation sites (tertiary alicyclic amines) is 1. The summed E-state index contributed by atoms with van der Waals surface area (Å²) < 4.78 is 0. The smallest absolute Gasteiger partial charge is 0.257 e. The van der Waals surface area contributed by atoms with Crippen LogP contribution >= 0.6 is 0 Å². The highest BCUT2D eigenvalue weighted by atomic mass is 16.2. The Morgan fingerprint density at radius 1 is 1.16 bits per heavy atom. The summed E-state index contributed by atoms with van der Waals surface area (Å²) in [5, 5.41) is 6.74. The summed E-state index contributed by atoms with van der Waals surface area (Å²) in [6.45, 7) is 7.64. The molecule has 5 rings (SSSR count). The molecule has 0 saturated carbocycles. The monoisotopic (exact) mass is 427 g/mol. The third kappa shape index (κ3) is 3.94. The number of amides is 1. The second-order valence-corrected chi connectivity index (χ2v) is 8.62. The van der Waals surface area contributed by atoms with Crippen LogP contribution in [-0.2, 0) is 4.79 Å². The van der Waals surface area contributed by atoms with Gasteiger partial charge in [0.05, 0.1) is 5.57 Å². The number of fused-ring (bicyclic) bond motifs is 1. The van der Waals surface area contributed by atoms with Gasteiger partial charge in [0.2, 0.25) is 0 Å². The van der Waals surface area contributed by atoms with Gasteiger partial charge in [0.1, 0.15) is 5.82 Å². The number of rotatable bonds is 5. The van der Waals surface area contributed by atoms with Crippen molar-refractivity contribution >= 4 is 28.4 Å². The number of aromatic amines is 1. The molecule has 0 bridgehead atoms. The molecule has 6 heteroatoms. The minimum atomic E-state index is -0.0969. The van der Waals surface area contributed by atoms with E-state index in [-0.39, 0.29) is 5.91 Å². The number of carbonyl (C=O) groups excluding carboxylic acids is 1. The van der Waals surface area contributed by atoms with Crippen LogP contribution in [0.5, 0.6) is 0 Å². The number of hydrogen-bond donors (Lipinski definition) is 3. The standard InChI is InChI=1S/C26H29N5O/c1-3-31-14-10-19(11-15-31)29-20-8-9-22-21(16-20)24(26(32)30-22)23(25-27-12-13-28-25)18-6-4-17(2)5-7-18/h4-9,12-13,16,19,29H,3,10-11,14-15H2,1-2H3,(H,27,28)(H,30,32). The average Bonchev–Trinajstić information content (AvgIpc) is 3.44. The first kappa shape index (κ1) is 20.5. The van der Waals surface area contributed by atoms with Gasteiger partial charge in [-0.15, -0.1) is 0 Å². The quantitative estimate of drug-likeness (QED) is 0.523.